The first-order valence-corrected chi connectivity index (χ1v) is 8.66. The zero-order valence-corrected chi connectivity index (χ0v) is 16.2. The molecule has 0 saturated carbocycles. The van der Waals surface area contributed by atoms with Crippen LogP contribution in [0.2, 0.25) is 0 Å². The summed E-state index contributed by atoms with van der Waals surface area (Å²) in [5.41, 5.74) is 3.30. The lowest BCUT2D eigenvalue weighted by atomic mass is 10.2. The second-order valence-corrected chi connectivity index (χ2v) is 6.16. The van der Waals surface area contributed by atoms with E-state index in [4.69, 9.17) is 14.2 Å². The number of amides is 1. The normalized spacial score (nSPS) is 10.4. The van der Waals surface area contributed by atoms with Crippen molar-refractivity contribution in [2.75, 3.05) is 19.5 Å². The summed E-state index contributed by atoms with van der Waals surface area (Å²) in [5, 5.41) is 10.8. The van der Waals surface area contributed by atoms with E-state index in [-0.39, 0.29) is 6.61 Å². The largest absolute Gasteiger partial charge is 0.497 e. The predicted octanol–water partition coefficient (Wildman–Crippen LogP) is 3.65. The van der Waals surface area contributed by atoms with Gasteiger partial charge in [-0.2, -0.15) is 0 Å². The van der Waals surface area contributed by atoms with Crippen LogP contribution >= 0.6 is 0 Å². The molecule has 0 saturated heterocycles. The van der Waals surface area contributed by atoms with E-state index in [9.17, 15) is 4.79 Å². The van der Waals surface area contributed by atoms with Crippen LogP contribution in [-0.2, 0) is 11.3 Å². The number of nitrogens with zero attached hydrogens (tertiary/aromatic N) is 3. The minimum absolute atomic E-state index is 0.134. The van der Waals surface area contributed by atoms with Crippen LogP contribution in [0.15, 0.2) is 42.5 Å². The van der Waals surface area contributed by atoms with Crippen molar-refractivity contribution in [1.82, 2.24) is 15.0 Å². The van der Waals surface area contributed by atoms with Crippen molar-refractivity contribution < 1.29 is 19.0 Å². The number of hydrogen-bond donors (Lipinski definition) is 1. The van der Waals surface area contributed by atoms with Crippen LogP contribution in [0, 0.1) is 13.8 Å². The Kier molecular flexibility index (Phi) is 5.78. The van der Waals surface area contributed by atoms with Gasteiger partial charge in [-0.25, -0.2) is 9.48 Å². The van der Waals surface area contributed by atoms with Gasteiger partial charge in [0.15, 0.2) is 5.82 Å². The maximum absolute atomic E-state index is 12.1. The van der Waals surface area contributed by atoms with Gasteiger partial charge in [0.05, 0.1) is 19.9 Å². The van der Waals surface area contributed by atoms with E-state index in [0.29, 0.717) is 17.3 Å². The minimum atomic E-state index is -0.609. The van der Waals surface area contributed by atoms with Crippen molar-refractivity contribution in [2.24, 2.45) is 0 Å². The van der Waals surface area contributed by atoms with Crippen LogP contribution in [-0.4, -0.2) is 35.3 Å². The second kappa shape index (κ2) is 8.43. The lowest BCUT2D eigenvalue weighted by Crippen LogP contribution is -2.14. The van der Waals surface area contributed by atoms with E-state index in [1.807, 2.05) is 49.4 Å². The van der Waals surface area contributed by atoms with Crippen molar-refractivity contribution >= 4 is 11.9 Å². The van der Waals surface area contributed by atoms with Crippen molar-refractivity contribution in [2.45, 2.75) is 20.5 Å². The molecule has 0 aliphatic carbocycles. The first-order chi connectivity index (χ1) is 13.5. The molecular formula is C20H22N4O4. The molecule has 0 fully saturated rings. The summed E-state index contributed by atoms with van der Waals surface area (Å²) >= 11 is 0. The molecule has 146 valence electrons. The summed E-state index contributed by atoms with van der Waals surface area (Å²) in [5.74, 6) is 1.72. The molecule has 0 bridgehead atoms. The highest BCUT2D eigenvalue weighted by atomic mass is 16.5. The Hall–Kier alpha value is -3.55. The van der Waals surface area contributed by atoms with Gasteiger partial charge < -0.3 is 14.2 Å². The van der Waals surface area contributed by atoms with E-state index in [1.54, 1.807) is 25.8 Å². The molecule has 8 heteroatoms. The highest BCUT2D eigenvalue weighted by Crippen LogP contribution is 2.26. The summed E-state index contributed by atoms with van der Waals surface area (Å²) in [7, 11) is 3.19. The molecule has 8 nitrogen and oxygen atoms in total. The number of benzene rings is 2. The third-order valence-corrected chi connectivity index (χ3v) is 4.21. The van der Waals surface area contributed by atoms with Gasteiger partial charge in [0, 0.05) is 0 Å². The van der Waals surface area contributed by atoms with E-state index in [1.165, 1.54) is 0 Å². The molecule has 0 unspecified atom stereocenters. The maximum Gasteiger partial charge on any atom is 0.413 e. The fourth-order valence-electron chi connectivity index (χ4n) is 2.64. The number of carbonyl (C=O) groups is 1. The van der Waals surface area contributed by atoms with Gasteiger partial charge >= 0.3 is 6.09 Å². The number of nitrogens with one attached hydrogen (secondary N) is 1. The highest BCUT2D eigenvalue weighted by Gasteiger charge is 2.16. The van der Waals surface area contributed by atoms with Crippen LogP contribution in [0.25, 0.3) is 5.69 Å². The van der Waals surface area contributed by atoms with Gasteiger partial charge in [-0.1, -0.05) is 23.4 Å². The maximum atomic E-state index is 12.1. The molecule has 0 spiro atoms. The molecule has 0 aliphatic rings. The number of ether oxygens (including phenoxy) is 3. The molecule has 3 rings (SSSR count). The number of carbonyl (C=O) groups excluding carboxylic acids is 1. The Labute approximate surface area is 163 Å². The number of anilines is 1. The van der Waals surface area contributed by atoms with Crippen molar-refractivity contribution in [1.29, 1.82) is 0 Å². The van der Waals surface area contributed by atoms with Gasteiger partial charge in [-0.3, -0.25) is 5.32 Å². The molecular weight excluding hydrogens is 360 g/mol. The van der Waals surface area contributed by atoms with Gasteiger partial charge in [-0.15, -0.1) is 5.10 Å². The fraction of sp³-hybridized carbons (Fsp3) is 0.250. The summed E-state index contributed by atoms with van der Waals surface area (Å²) < 4.78 is 17.4. The number of methoxy groups -OCH3 is 2. The van der Waals surface area contributed by atoms with Gasteiger partial charge in [0.1, 0.15) is 23.8 Å². The standard InChI is InChI=1S/C20H22N4O4/c1-13-5-10-18(27-4)17(11-13)24-14(2)19(22-23-24)21-20(25)28-12-15-6-8-16(26-3)9-7-15/h5-11H,12H2,1-4H3,(H,21,25). The Morgan fingerprint density at radius 2 is 1.82 bits per heavy atom. The Bertz CT molecular complexity index is 967. The average Bonchev–Trinajstić information content (AvgIpc) is 3.06. The second-order valence-electron chi connectivity index (χ2n) is 6.16. The number of aromatic nitrogens is 3. The summed E-state index contributed by atoms with van der Waals surface area (Å²) in [6, 6.07) is 13.0. The molecule has 0 aliphatic heterocycles. The molecule has 3 aromatic rings. The molecule has 1 heterocycles. The Morgan fingerprint density at radius 1 is 1.07 bits per heavy atom. The summed E-state index contributed by atoms with van der Waals surface area (Å²) in [6.45, 7) is 3.92. The molecule has 0 radical (unpaired) electrons. The van der Waals surface area contributed by atoms with Gasteiger partial charge in [0.25, 0.3) is 0 Å². The van der Waals surface area contributed by atoms with E-state index in [0.717, 1.165) is 22.6 Å². The van der Waals surface area contributed by atoms with Gasteiger partial charge in [0.2, 0.25) is 0 Å². The van der Waals surface area contributed by atoms with E-state index >= 15 is 0 Å². The summed E-state index contributed by atoms with van der Waals surface area (Å²) in [6.07, 6.45) is -0.609. The fourth-order valence-corrected chi connectivity index (χ4v) is 2.64. The Morgan fingerprint density at radius 3 is 2.50 bits per heavy atom. The van der Waals surface area contributed by atoms with Crippen molar-refractivity contribution in [3.63, 3.8) is 0 Å². The lowest BCUT2D eigenvalue weighted by Gasteiger charge is -2.10. The first-order valence-electron chi connectivity index (χ1n) is 8.66. The van der Waals surface area contributed by atoms with Crippen LogP contribution in [0.1, 0.15) is 16.8 Å². The third kappa shape index (κ3) is 4.22. The third-order valence-electron chi connectivity index (χ3n) is 4.21. The Balaban J connectivity index is 1.68. The minimum Gasteiger partial charge on any atom is -0.497 e. The molecule has 0 atom stereocenters. The number of rotatable bonds is 6. The average molecular weight is 382 g/mol. The molecule has 28 heavy (non-hydrogen) atoms. The molecule has 1 N–H and O–H groups in total. The van der Waals surface area contributed by atoms with Crippen molar-refractivity contribution in [3.8, 4) is 17.2 Å². The number of hydrogen-bond acceptors (Lipinski definition) is 6. The van der Waals surface area contributed by atoms with Crippen LogP contribution in [0.5, 0.6) is 11.5 Å². The molecule has 1 aromatic heterocycles. The van der Waals surface area contributed by atoms with Crippen LogP contribution in [0.3, 0.4) is 0 Å². The monoisotopic (exact) mass is 382 g/mol. The molecule has 2 aromatic carbocycles. The zero-order valence-electron chi connectivity index (χ0n) is 16.2. The highest BCUT2D eigenvalue weighted by molar-refractivity contribution is 5.84. The molecule has 1 amide bonds. The number of aryl methyl sites for hydroxylation is 1. The van der Waals surface area contributed by atoms with E-state index < -0.39 is 6.09 Å². The van der Waals surface area contributed by atoms with Crippen LogP contribution in [0.4, 0.5) is 10.6 Å². The van der Waals surface area contributed by atoms with Gasteiger partial charge in [-0.05, 0) is 49.2 Å². The zero-order chi connectivity index (χ0) is 20.1. The smallest absolute Gasteiger partial charge is 0.413 e. The summed E-state index contributed by atoms with van der Waals surface area (Å²) in [4.78, 5) is 12.1. The van der Waals surface area contributed by atoms with Crippen molar-refractivity contribution in [3.05, 3.63) is 59.3 Å². The quantitative estimate of drug-likeness (QED) is 0.700. The SMILES string of the molecule is COc1ccc(COC(=O)Nc2nnn(-c3cc(C)ccc3OC)c2C)cc1. The lowest BCUT2D eigenvalue weighted by molar-refractivity contribution is 0.155. The predicted molar refractivity (Wildman–Crippen MR) is 104 cm³/mol. The van der Waals surface area contributed by atoms with Crippen LogP contribution < -0.4 is 14.8 Å². The first kappa shape index (κ1) is 19.2. The topological polar surface area (TPSA) is 87.5 Å². The van der Waals surface area contributed by atoms with E-state index in [2.05, 4.69) is 15.6 Å².